The standard InChI is InChI=1S/C15H16ClNO3S/c1-2-20-15(19)9-14-17(13(18)10-21-14)8-7-11-5-3-4-6-12(11)16/h3-6,9H,2,7-8,10H2,1H3/b14-9+. The molecule has 1 saturated heterocycles. The van der Waals surface area contributed by atoms with Gasteiger partial charge in [0, 0.05) is 11.6 Å². The number of hydrogen-bond donors (Lipinski definition) is 0. The second kappa shape index (κ2) is 7.52. The molecule has 21 heavy (non-hydrogen) atoms. The number of rotatable bonds is 5. The normalized spacial score (nSPS) is 16.6. The quantitative estimate of drug-likeness (QED) is 0.617. The van der Waals surface area contributed by atoms with Crippen LogP contribution in [0.25, 0.3) is 0 Å². The van der Waals surface area contributed by atoms with Gasteiger partial charge in [-0.05, 0) is 25.0 Å². The van der Waals surface area contributed by atoms with Gasteiger partial charge in [0.1, 0.15) is 0 Å². The van der Waals surface area contributed by atoms with Crippen LogP contribution in [0, 0.1) is 0 Å². The molecule has 0 saturated carbocycles. The summed E-state index contributed by atoms with van der Waals surface area (Å²) in [6.07, 6.45) is 2.03. The van der Waals surface area contributed by atoms with Crippen molar-refractivity contribution >= 4 is 35.2 Å². The molecule has 0 unspecified atom stereocenters. The zero-order valence-corrected chi connectivity index (χ0v) is 13.2. The summed E-state index contributed by atoms with van der Waals surface area (Å²) >= 11 is 7.47. The van der Waals surface area contributed by atoms with Crippen LogP contribution in [0.15, 0.2) is 35.4 Å². The molecule has 1 fully saturated rings. The van der Waals surface area contributed by atoms with E-state index in [0.717, 1.165) is 5.56 Å². The van der Waals surface area contributed by atoms with Crippen molar-refractivity contribution in [3.63, 3.8) is 0 Å². The maximum atomic E-state index is 11.9. The number of hydrogen-bond acceptors (Lipinski definition) is 4. The molecule has 1 heterocycles. The molecule has 1 aromatic rings. The number of benzene rings is 1. The summed E-state index contributed by atoms with van der Waals surface area (Å²) in [5, 5.41) is 1.33. The number of thioether (sulfide) groups is 1. The molecule has 0 radical (unpaired) electrons. The maximum Gasteiger partial charge on any atom is 0.333 e. The zero-order chi connectivity index (χ0) is 15.2. The number of amides is 1. The number of carbonyl (C=O) groups is 2. The topological polar surface area (TPSA) is 46.6 Å². The van der Waals surface area contributed by atoms with Crippen LogP contribution in [-0.2, 0) is 20.7 Å². The SMILES string of the molecule is CCOC(=O)/C=C1/SCC(=O)N1CCc1ccccc1Cl. The largest absolute Gasteiger partial charge is 0.463 e. The Bertz CT molecular complexity index is 574. The van der Waals surface area contributed by atoms with E-state index < -0.39 is 5.97 Å². The first-order valence-corrected chi connectivity index (χ1v) is 8.03. The van der Waals surface area contributed by atoms with Gasteiger partial charge in [0.25, 0.3) is 0 Å². The van der Waals surface area contributed by atoms with E-state index in [2.05, 4.69) is 0 Å². The van der Waals surface area contributed by atoms with Crippen molar-refractivity contribution in [2.45, 2.75) is 13.3 Å². The maximum absolute atomic E-state index is 11.9. The highest BCUT2D eigenvalue weighted by Gasteiger charge is 2.27. The van der Waals surface area contributed by atoms with Crippen LogP contribution < -0.4 is 0 Å². The van der Waals surface area contributed by atoms with E-state index in [1.54, 1.807) is 11.8 Å². The van der Waals surface area contributed by atoms with E-state index in [1.165, 1.54) is 17.8 Å². The lowest BCUT2D eigenvalue weighted by molar-refractivity contribution is -0.137. The van der Waals surface area contributed by atoms with Crippen LogP contribution in [-0.4, -0.2) is 35.7 Å². The summed E-state index contributed by atoms with van der Waals surface area (Å²) in [4.78, 5) is 25.0. The van der Waals surface area contributed by atoms with Crippen LogP contribution in [0.5, 0.6) is 0 Å². The molecular formula is C15H16ClNO3S. The molecule has 0 atom stereocenters. The van der Waals surface area contributed by atoms with Gasteiger partial charge in [-0.2, -0.15) is 0 Å². The molecule has 4 nitrogen and oxygen atoms in total. The molecule has 0 spiro atoms. The molecule has 112 valence electrons. The van der Waals surface area contributed by atoms with Crippen molar-refractivity contribution in [2.24, 2.45) is 0 Å². The van der Waals surface area contributed by atoms with E-state index >= 15 is 0 Å². The van der Waals surface area contributed by atoms with Gasteiger partial charge in [-0.3, -0.25) is 4.79 Å². The van der Waals surface area contributed by atoms with Crippen molar-refractivity contribution in [3.8, 4) is 0 Å². The van der Waals surface area contributed by atoms with Crippen LogP contribution in [0.2, 0.25) is 5.02 Å². The second-order valence-corrected chi connectivity index (χ2v) is 5.81. The number of nitrogens with zero attached hydrogens (tertiary/aromatic N) is 1. The van der Waals surface area contributed by atoms with Gasteiger partial charge in [-0.25, -0.2) is 4.79 Å². The van der Waals surface area contributed by atoms with Gasteiger partial charge in [0.05, 0.1) is 23.5 Å². The molecule has 1 aliphatic heterocycles. The summed E-state index contributed by atoms with van der Waals surface area (Å²) in [5.41, 5.74) is 0.986. The lowest BCUT2D eigenvalue weighted by Crippen LogP contribution is -2.27. The summed E-state index contributed by atoms with van der Waals surface area (Å²) in [6, 6.07) is 7.55. The highest BCUT2D eigenvalue weighted by molar-refractivity contribution is 8.04. The number of esters is 1. The summed E-state index contributed by atoms with van der Waals surface area (Å²) < 4.78 is 4.88. The molecular weight excluding hydrogens is 310 g/mol. The first kappa shape index (κ1) is 15.9. The van der Waals surface area contributed by atoms with E-state index in [0.29, 0.717) is 35.4 Å². The number of ether oxygens (including phenoxy) is 1. The average molecular weight is 326 g/mol. The minimum atomic E-state index is -0.419. The molecule has 0 bridgehead atoms. The van der Waals surface area contributed by atoms with Gasteiger partial charge < -0.3 is 9.64 Å². The Morgan fingerprint density at radius 1 is 1.48 bits per heavy atom. The third-order valence-corrected chi connectivity index (χ3v) is 4.40. The highest BCUT2D eigenvalue weighted by Crippen LogP contribution is 2.29. The Kier molecular flexibility index (Phi) is 5.70. The minimum Gasteiger partial charge on any atom is -0.463 e. The van der Waals surface area contributed by atoms with Gasteiger partial charge >= 0.3 is 5.97 Å². The smallest absolute Gasteiger partial charge is 0.333 e. The van der Waals surface area contributed by atoms with Crippen molar-refractivity contribution in [3.05, 3.63) is 46.0 Å². The van der Waals surface area contributed by atoms with E-state index in [9.17, 15) is 9.59 Å². The Labute approximate surface area is 133 Å². The third-order valence-electron chi connectivity index (χ3n) is 3.00. The first-order chi connectivity index (χ1) is 10.1. The molecule has 0 N–H and O–H groups in total. The van der Waals surface area contributed by atoms with Crippen LogP contribution in [0.4, 0.5) is 0 Å². The fraction of sp³-hybridized carbons (Fsp3) is 0.333. The van der Waals surface area contributed by atoms with Gasteiger partial charge in [-0.15, -0.1) is 0 Å². The van der Waals surface area contributed by atoms with E-state index in [4.69, 9.17) is 16.3 Å². The Balaban J connectivity index is 2.04. The second-order valence-electron chi connectivity index (χ2n) is 4.41. The van der Waals surface area contributed by atoms with Crippen LogP contribution >= 0.6 is 23.4 Å². The summed E-state index contributed by atoms with van der Waals surface area (Å²) in [5.74, 6) is -0.0617. The zero-order valence-electron chi connectivity index (χ0n) is 11.7. The van der Waals surface area contributed by atoms with Crippen molar-refractivity contribution in [1.82, 2.24) is 4.90 Å². The minimum absolute atomic E-state index is 0.00241. The fourth-order valence-electron chi connectivity index (χ4n) is 1.99. The Morgan fingerprint density at radius 3 is 2.95 bits per heavy atom. The van der Waals surface area contributed by atoms with E-state index in [1.807, 2.05) is 24.3 Å². The Hall–Kier alpha value is -1.46. The molecule has 2 rings (SSSR count). The van der Waals surface area contributed by atoms with Crippen LogP contribution in [0.1, 0.15) is 12.5 Å². The molecule has 0 aliphatic carbocycles. The lowest BCUT2D eigenvalue weighted by Gasteiger charge is -2.17. The van der Waals surface area contributed by atoms with Crippen molar-refractivity contribution < 1.29 is 14.3 Å². The molecule has 1 amide bonds. The molecule has 0 aromatic heterocycles. The van der Waals surface area contributed by atoms with Crippen molar-refractivity contribution in [2.75, 3.05) is 18.9 Å². The van der Waals surface area contributed by atoms with Gasteiger partial charge in [-0.1, -0.05) is 41.6 Å². The van der Waals surface area contributed by atoms with Crippen molar-refractivity contribution in [1.29, 1.82) is 0 Å². The fourth-order valence-corrected chi connectivity index (χ4v) is 3.17. The van der Waals surface area contributed by atoms with Gasteiger partial charge in [0.2, 0.25) is 5.91 Å². The lowest BCUT2D eigenvalue weighted by atomic mass is 10.1. The monoisotopic (exact) mass is 325 g/mol. The number of carbonyl (C=O) groups excluding carboxylic acids is 2. The highest BCUT2D eigenvalue weighted by atomic mass is 35.5. The first-order valence-electron chi connectivity index (χ1n) is 6.67. The Morgan fingerprint density at radius 2 is 2.24 bits per heavy atom. The predicted octanol–water partition coefficient (Wildman–Crippen LogP) is 2.86. The molecule has 6 heteroatoms. The summed E-state index contributed by atoms with van der Waals surface area (Å²) in [7, 11) is 0. The average Bonchev–Trinajstić information content (AvgIpc) is 2.79. The molecule has 1 aromatic carbocycles. The predicted molar refractivity (Wildman–Crippen MR) is 84.0 cm³/mol. The molecule has 1 aliphatic rings. The van der Waals surface area contributed by atoms with E-state index in [-0.39, 0.29) is 5.91 Å². The third kappa shape index (κ3) is 4.25. The van der Waals surface area contributed by atoms with Crippen LogP contribution in [0.3, 0.4) is 0 Å². The van der Waals surface area contributed by atoms with Gasteiger partial charge in [0.15, 0.2) is 0 Å². The number of halogens is 1. The summed E-state index contributed by atoms with van der Waals surface area (Å²) in [6.45, 7) is 2.57.